The van der Waals surface area contributed by atoms with Crippen molar-refractivity contribution in [3.63, 3.8) is 0 Å². The van der Waals surface area contributed by atoms with Gasteiger partial charge in [-0.2, -0.15) is 0 Å². The molecule has 0 bridgehead atoms. The van der Waals surface area contributed by atoms with Crippen molar-refractivity contribution >= 4 is 94.4 Å². The average molecular weight is 323 g/mol. The Morgan fingerprint density at radius 3 is 1.33 bits per heavy atom. The van der Waals surface area contributed by atoms with Crippen LogP contribution in [-0.4, -0.2) is 94.4 Å². The van der Waals surface area contributed by atoms with Crippen molar-refractivity contribution in [1.29, 1.82) is 0 Å². The second-order valence-corrected chi connectivity index (χ2v) is 1.03. The van der Waals surface area contributed by atoms with Gasteiger partial charge in [-0.1, -0.05) is 0 Å². The molecule has 0 heterocycles. The van der Waals surface area contributed by atoms with Gasteiger partial charge in [0.15, 0.2) is 0 Å². The van der Waals surface area contributed by atoms with Crippen LogP contribution in [0.4, 0.5) is 0 Å². The van der Waals surface area contributed by atoms with E-state index in [9.17, 15) is 0 Å². The van der Waals surface area contributed by atoms with E-state index in [0.717, 1.165) is 0 Å². The summed E-state index contributed by atoms with van der Waals surface area (Å²) in [4.78, 5) is 0. The van der Waals surface area contributed by atoms with Crippen LogP contribution in [0.1, 0.15) is 0 Å². The maximum atomic E-state index is 8.58. The van der Waals surface area contributed by atoms with Gasteiger partial charge in [0.2, 0.25) is 0 Å². The van der Waals surface area contributed by atoms with E-state index >= 15 is 0 Å². The van der Waals surface area contributed by atoms with Crippen molar-refractivity contribution in [3.8, 4) is 0 Å². The van der Waals surface area contributed by atoms with Gasteiger partial charge < -0.3 is 0 Å². The smallest absolute Gasteiger partial charge is 2.00 e. The molecule has 0 amide bonds. The quantitative estimate of drug-likeness (QED) is 0.430. The summed E-state index contributed by atoms with van der Waals surface area (Å²) in [7, 11) is 0. The van der Waals surface area contributed by atoms with E-state index in [1.165, 1.54) is 0 Å². The minimum atomic E-state index is -4.08. The number of hydrogen-bond donors (Lipinski definition) is 0. The van der Waals surface area contributed by atoms with Gasteiger partial charge in [-0.3, -0.25) is 0 Å². The first-order valence-corrected chi connectivity index (χ1v) is 2.52. The number of hydrogen-bond acceptors (Lipinski definition) is 3. The predicted octanol–water partition coefficient (Wildman–Crippen LogP) is -3.80. The summed E-state index contributed by atoms with van der Waals surface area (Å²) in [6, 6.07) is 0. The molecule has 0 fully saturated rings. The monoisotopic (exact) mass is 324 g/mol. The molecule has 28 valence electrons. The summed E-state index contributed by atoms with van der Waals surface area (Å²) < 4.78 is 25.8. The molecule has 0 rings (SSSR count). The maximum absolute atomic E-state index is 8.58. The Balaban J connectivity index is -0.0000000450. The first-order valence-electron chi connectivity index (χ1n) is 0.612. The molecule has 0 aromatic rings. The van der Waals surface area contributed by atoms with Crippen molar-refractivity contribution in [2.75, 3.05) is 0 Å². The topological polar surface area (TPSA) is 63.2 Å². The van der Waals surface area contributed by atoms with Crippen molar-refractivity contribution in [2.45, 2.75) is 0 Å². The Kier molecular flexibility index (Phi) is 30.6. The van der Waals surface area contributed by atoms with Crippen molar-refractivity contribution < 1.29 is 29.3 Å². The van der Waals surface area contributed by atoms with E-state index in [1.54, 1.807) is 0 Å². The molecule has 6 heavy (non-hydrogen) atoms. The molecule has 0 aliphatic carbocycles. The summed E-state index contributed by atoms with van der Waals surface area (Å²) in [5.41, 5.74) is 0. The van der Waals surface area contributed by atoms with Crippen molar-refractivity contribution in [3.05, 3.63) is 0 Å². The summed E-state index contributed by atoms with van der Waals surface area (Å²) in [5, 5.41) is 0. The zero-order valence-electron chi connectivity index (χ0n) is 2.43. The Morgan fingerprint density at radius 2 is 1.33 bits per heavy atom. The standard InChI is InChI=1S/Ba.3O.Sr.Ti.2H/q;;2*-1;+2;;;. The summed E-state index contributed by atoms with van der Waals surface area (Å²) in [6.07, 6.45) is 0. The SMILES string of the molecule is [BaH2].[O]=[Ti]([O-])[O-].[Sr+2]. The van der Waals surface area contributed by atoms with Crippen molar-refractivity contribution in [2.24, 2.45) is 0 Å². The van der Waals surface area contributed by atoms with Gasteiger partial charge in [0.05, 0.1) is 0 Å². The molecule has 0 N–H and O–H groups in total. The molecule has 0 atom stereocenters. The van der Waals surface area contributed by atoms with Crippen LogP contribution in [0.2, 0.25) is 0 Å². The van der Waals surface area contributed by atoms with E-state index in [2.05, 4.69) is 0 Å². The molecule has 0 radical (unpaired) electrons. The molecule has 0 spiro atoms. The fraction of sp³-hybridized carbons (Fsp3) is 0. The molecule has 0 aliphatic heterocycles. The van der Waals surface area contributed by atoms with Crippen LogP contribution in [0.3, 0.4) is 0 Å². The minimum Gasteiger partial charge on any atom is 2.00 e. The molecule has 0 saturated carbocycles. The molecular formula is H2BaO3SrTi. The third kappa shape index (κ3) is 25.9. The first-order chi connectivity index (χ1) is 1.73. The zero-order chi connectivity index (χ0) is 3.58. The molecule has 0 aliphatic rings. The van der Waals surface area contributed by atoms with Crippen molar-refractivity contribution in [1.82, 2.24) is 0 Å². The Morgan fingerprint density at radius 1 is 1.33 bits per heavy atom. The molecule has 6 heteroatoms. The second-order valence-electron chi connectivity index (χ2n) is 0.250. The first kappa shape index (κ1) is 16.2. The van der Waals surface area contributed by atoms with Gasteiger partial charge in [0.25, 0.3) is 0 Å². The second kappa shape index (κ2) is 11.3. The summed E-state index contributed by atoms with van der Waals surface area (Å²) in [6.45, 7) is 0. The van der Waals surface area contributed by atoms with Crippen LogP contribution in [-0.2, 0) is 21.9 Å². The largest absolute Gasteiger partial charge is 2.00 e. The predicted molar refractivity (Wildman–Crippen MR) is 15.0 cm³/mol. The van der Waals surface area contributed by atoms with Gasteiger partial charge in [-0.05, 0) is 0 Å². The van der Waals surface area contributed by atoms with E-state index in [-0.39, 0.29) is 94.4 Å². The van der Waals surface area contributed by atoms with Crippen LogP contribution in [0, 0.1) is 0 Å². The Bertz CT molecular complexity index is 33.8. The summed E-state index contributed by atoms with van der Waals surface area (Å²) >= 11 is -4.08. The molecule has 0 aromatic carbocycles. The van der Waals surface area contributed by atoms with Gasteiger partial charge >= 0.3 is 124 Å². The Labute approximate surface area is 120 Å². The van der Waals surface area contributed by atoms with Gasteiger partial charge in [0, 0.05) is 0 Å². The number of rotatable bonds is 0. The average Bonchev–Trinajstić information content (AvgIpc) is 0.811. The van der Waals surface area contributed by atoms with Crippen LogP contribution in [0.25, 0.3) is 0 Å². The summed E-state index contributed by atoms with van der Waals surface area (Å²) in [5.74, 6) is 0. The van der Waals surface area contributed by atoms with Crippen LogP contribution in [0.15, 0.2) is 0 Å². The van der Waals surface area contributed by atoms with E-state index < -0.39 is 18.6 Å². The van der Waals surface area contributed by atoms with E-state index in [0.29, 0.717) is 0 Å². The Hall–Kier alpha value is 3.49. The maximum Gasteiger partial charge on any atom is 2.00 e. The zero-order valence-corrected chi connectivity index (χ0v) is 7.47. The van der Waals surface area contributed by atoms with Gasteiger partial charge in [-0.25, -0.2) is 0 Å². The normalized spacial score (nSPS) is 4.33. The minimum absolute atomic E-state index is 0. The third-order valence-corrected chi connectivity index (χ3v) is 0. The molecule has 0 unspecified atom stereocenters. The fourth-order valence-electron chi connectivity index (χ4n) is 0. The van der Waals surface area contributed by atoms with Crippen LogP contribution < -0.4 is 7.38 Å². The molecular weight excluding hydrogens is 321 g/mol. The fourth-order valence-corrected chi connectivity index (χ4v) is 0. The molecule has 0 saturated heterocycles. The van der Waals surface area contributed by atoms with E-state index in [4.69, 9.17) is 10.7 Å². The van der Waals surface area contributed by atoms with Crippen LogP contribution >= 0.6 is 0 Å². The van der Waals surface area contributed by atoms with E-state index in [1.807, 2.05) is 0 Å². The van der Waals surface area contributed by atoms with Gasteiger partial charge in [0.1, 0.15) is 0 Å². The van der Waals surface area contributed by atoms with Crippen LogP contribution in [0.5, 0.6) is 0 Å². The molecule has 0 aromatic heterocycles. The molecule has 3 nitrogen and oxygen atoms in total. The van der Waals surface area contributed by atoms with Gasteiger partial charge in [-0.15, -0.1) is 0 Å². The third-order valence-electron chi connectivity index (χ3n) is 0.